The summed E-state index contributed by atoms with van der Waals surface area (Å²) in [5, 5.41) is 24.6. The fraction of sp³-hybridized carbons (Fsp3) is 0.294. The van der Waals surface area contributed by atoms with Crippen LogP contribution in [0.3, 0.4) is 0 Å². The molecule has 0 fully saturated rings. The summed E-state index contributed by atoms with van der Waals surface area (Å²) in [6.45, 7) is 3.31. The van der Waals surface area contributed by atoms with Crippen molar-refractivity contribution in [2.24, 2.45) is 11.3 Å². The average Bonchev–Trinajstić information content (AvgIpc) is 2.56. The standard InChI is InChI=1S/C17H14Cl2N4O2S/c1-17(2)9(6-20)15(25)23-16(10(17)7-21)26-8-13(24)22-12-5-3-4-11(18)14(12)19/h3-5,9H,8H2,1-2H3,(H,22,24)(H,23,25)/t9-/m1/s1. The lowest BCUT2D eigenvalue weighted by atomic mass is 9.72. The van der Waals surface area contributed by atoms with Crippen LogP contribution in [0.1, 0.15) is 13.8 Å². The minimum Gasteiger partial charge on any atom is -0.324 e. The summed E-state index contributed by atoms with van der Waals surface area (Å²) in [5.74, 6) is -1.90. The fourth-order valence-electron chi connectivity index (χ4n) is 2.46. The van der Waals surface area contributed by atoms with Gasteiger partial charge in [-0.2, -0.15) is 10.5 Å². The number of rotatable bonds is 4. The van der Waals surface area contributed by atoms with Crippen LogP contribution in [0, 0.1) is 34.0 Å². The zero-order valence-corrected chi connectivity index (χ0v) is 16.2. The van der Waals surface area contributed by atoms with Gasteiger partial charge in [-0.3, -0.25) is 9.59 Å². The molecule has 1 aromatic rings. The molecule has 2 rings (SSSR count). The van der Waals surface area contributed by atoms with Gasteiger partial charge < -0.3 is 10.6 Å². The highest BCUT2D eigenvalue weighted by Gasteiger charge is 2.44. The van der Waals surface area contributed by atoms with Crippen LogP contribution in [0.2, 0.25) is 10.0 Å². The van der Waals surface area contributed by atoms with Crippen LogP contribution in [0.15, 0.2) is 28.8 Å². The molecule has 0 spiro atoms. The predicted molar refractivity (Wildman–Crippen MR) is 101 cm³/mol. The molecule has 6 nitrogen and oxygen atoms in total. The highest BCUT2D eigenvalue weighted by Crippen LogP contribution is 2.41. The van der Waals surface area contributed by atoms with Crippen LogP contribution in [0.25, 0.3) is 0 Å². The summed E-state index contributed by atoms with van der Waals surface area (Å²) in [7, 11) is 0. The van der Waals surface area contributed by atoms with E-state index in [-0.39, 0.29) is 27.3 Å². The Bertz CT molecular complexity index is 884. The van der Waals surface area contributed by atoms with Gasteiger partial charge in [0.1, 0.15) is 5.92 Å². The van der Waals surface area contributed by atoms with E-state index >= 15 is 0 Å². The maximum absolute atomic E-state index is 12.2. The van der Waals surface area contributed by atoms with Crippen LogP contribution in [-0.2, 0) is 9.59 Å². The van der Waals surface area contributed by atoms with Gasteiger partial charge in [0.15, 0.2) is 0 Å². The van der Waals surface area contributed by atoms with Gasteiger partial charge in [-0.25, -0.2) is 0 Å². The molecule has 0 bridgehead atoms. The monoisotopic (exact) mass is 408 g/mol. The van der Waals surface area contributed by atoms with Crippen LogP contribution in [-0.4, -0.2) is 17.6 Å². The quantitative estimate of drug-likeness (QED) is 0.789. The van der Waals surface area contributed by atoms with Gasteiger partial charge >= 0.3 is 0 Å². The smallest absolute Gasteiger partial charge is 0.243 e. The van der Waals surface area contributed by atoms with E-state index < -0.39 is 17.2 Å². The number of benzene rings is 1. The van der Waals surface area contributed by atoms with Crippen molar-refractivity contribution in [3.8, 4) is 12.1 Å². The number of allylic oxidation sites excluding steroid dienone is 1. The Labute approximate surface area is 165 Å². The molecule has 0 aromatic heterocycles. The number of anilines is 1. The van der Waals surface area contributed by atoms with E-state index in [1.165, 1.54) is 0 Å². The minimum atomic E-state index is -0.972. The third-order valence-electron chi connectivity index (χ3n) is 3.91. The van der Waals surface area contributed by atoms with E-state index in [0.717, 1.165) is 11.8 Å². The van der Waals surface area contributed by atoms with E-state index in [1.807, 2.05) is 12.1 Å². The Morgan fingerprint density at radius 3 is 2.69 bits per heavy atom. The molecular formula is C17H14Cl2N4O2S. The predicted octanol–water partition coefficient (Wildman–Crippen LogP) is 3.70. The number of carbonyl (C=O) groups is 2. The molecule has 0 radical (unpaired) electrons. The molecule has 0 saturated carbocycles. The molecule has 2 N–H and O–H groups in total. The van der Waals surface area contributed by atoms with Crippen molar-refractivity contribution in [1.82, 2.24) is 5.32 Å². The molecule has 1 aliphatic rings. The summed E-state index contributed by atoms with van der Waals surface area (Å²) in [5.41, 5.74) is -0.306. The zero-order valence-electron chi connectivity index (χ0n) is 13.9. The summed E-state index contributed by atoms with van der Waals surface area (Å²) < 4.78 is 0. The first kappa shape index (κ1) is 20.1. The maximum Gasteiger partial charge on any atom is 0.243 e. The lowest BCUT2D eigenvalue weighted by molar-refractivity contribution is -0.125. The normalized spacial score (nSPS) is 18.5. The lowest BCUT2D eigenvalue weighted by Gasteiger charge is -2.34. The molecule has 134 valence electrons. The van der Waals surface area contributed by atoms with Gasteiger partial charge in [0.25, 0.3) is 0 Å². The maximum atomic E-state index is 12.2. The van der Waals surface area contributed by atoms with Crippen molar-refractivity contribution < 1.29 is 9.59 Å². The van der Waals surface area contributed by atoms with Crippen molar-refractivity contribution in [2.75, 3.05) is 11.1 Å². The highest BCUT2D eigenvalue weighted by molar-refractivity contribution is 8.03. The Balaban J connectivity index is 2.15. The number of carbonyl (C=O) groups excluding carboxylic acids is 2. The van der Waals surface area contributed by atoms with Crippen LogP contribution in [0.5, 0.6) is 0 Å². The topological polar surface area (TPSA) is 106 Å². The third-order valence-corrected chi connectivity index (χ3v) is 5.73. The zero-order chi connectivity index (χ0) is 19.5. The fourth-order valence-corrected chi connectivity index (χ4v) is 3.78. The molecule has 1 aromatic carbocycles. The minimum absolute atomic E-state index is 0.0586. The summed E-state index contributed by atoms with van der Waals surface area (Å²) >= 11 is 12.9. The van der Waals surface area contributed by atoms with Gasteiger partial charge in [-0.1, -0.05) is 54.9 Å². The Kier molecular flexibility index (Phi) is 6.20. The van der Waals surface area contributed by atoms with Crippen LogP contribution < -0.4 is 10.6 Å². The molecular weight excluding hydrogens is 395 g/mol. The number of thioether (sulfide) groups is 1. The molecule has 1 atom stereocenters. The van der Waals surface area contributed by atoms with Crippen molar-refractivity contribution in [1.29, 1.82) is 10.5 Å². The lowest BCUT2D eigenvalue weighted by Crippen LogP contribution is -2.44. The first-order chi connectivity index (χ1) is 12.2. The highest BCUT2D eigenvalue weighted by atomic mass is 35.5. The Morgan fingerprint density at radius 1 is 1.38 bits per heavy atom. The molecule has 0 unspecified atom stereocenters. The average molecular weight is 409 g/mol. The van der Waals surface area contributed by atoms with Crippen LogP contribution >= 0.6 is 35.0 Å². The van der Waals surface area contributed by atoms with E-state index in [4.69, 9.17) is 23.2 Å². The second-order valence-electron chi connectivity index (χ2n) is 6.03. The number of hydrogen-bond acceptors (Lipinski definition) is 5. The van der Waals surface area contributed by atoms with E-state index in [2.05, 4.69) is 10.6 Å². The molecule has 0 saturated heterocycles. The first-order valence-electron chi connectivity index (χ1n) is 7.44. The van der Waals surface area contributed by atoms with Crippen LogP contribution in [0.4, 0.5) is 5.69 Å². The summed E-state index contributed by atoms with van der Waals surface area (Å²) in [6.07, 6.45) is 0. The summed E-state index contributed by atoms with van der Waals surface area (Å²) in [6, 6.07) is 8.83. The Hall–Kier alpha value is -2.19. The Morgan fingerprint density at radius 2 is 2.08 bits per heavy atom. The van der Waals surface area contributed by atoms with Crippen molar-refractivity contribution >= 4 is 52.5 Å². The number of nitriles is 2. The molecule has 26 heavy (non-hydrogen) atoms. The SMILES string of the molecule is CC1(C)C(C#N)=C(SCC(=O)Nc2cccc(Cl)c2Cl)NC(=O)[C@H]1C#N. The molecule has 1 aliphatic heterocycles. The van der Waals surface area contributed by atoms with Crippen molar-refractivity contribution in [3.63, 3.8) is 0 Å². The largest absolute Gasteiger partial charge is 0.324 e. The number of halogens is 2. The number of amides is 2. The van der Waals surface area contributed by atoms with Gasteiger partial charge in [0.05, 0.1) is 44.2 Å². The second-order valence-corrected chi connectivity index (χ2v) is 7.80. The second kappa shape index (κ2) is 8.01. The van der Waals surface area contributed by atoms with Gasteiger partial charge in [-0.15, -0.1) is 0 Å². The molecule has 0 aliphatic carbocycles. The number of hydrogen-bond donors (Lipinski definition) is 2. The molecule has 9 heteroatoms. The molecule has 1 heterocycles. The molecule has 2 amide bonds. The third kappa shape index (κ3) is 3.96. The summed E-state index contributed by atoms with van der Waals surface area (Å²) in [4.78, 5) is 24.3. The van der Waals surface area contributed by atoms with Gasteiger partial charge in [0.2, 0.25) is 11.8 Å². The van der Waals surface area contributed by atoms with Gasteiger partial charge in [-0.05, 0) is 12.1 Å². The van der Waals surface area contributed by atoms with Gasteiger partial charge in [0, 0.05) is 5.41 Å². The first-order valence-corrected chi connectivity index (χ1v) is 9.18. The number of nitrogens with one attached hydrogen (secondary N) is 2. The van der Waals surface area contributed by atoms with E-state index in [1.54, 1.807) is 32.0 Å². The van der Waals surface area contributed by atoms with E-state index in [0.29, 0.717) is 10.7 Å². The number of nitrogens with zero attached hydrogens (tertiary/aromatic N) is 2. The van der Waals surface area contributed by atoms with Crippen molar-refractivity contribution in [3.05, 3.63) is 38.8 Å². The van der Waals surface area contributed by atoms with E-state index in [9.17, 15) is 20.1 Å². The van der Waals surface area contributed by atoms with Crippen molar-refractivity contribution in [2.45, 2.75) is 13.8 Å².